The number of hydrogen-bond donors (Lipinski definition) is 0. The molecule has 4 nitrogen and oxygen atoms in total. The predicted octanol–water partition coefficient (Wildman–Crippen LogP) is 5.44. The summed E-state index contributed by atoms with van der Waals surface area (Å²) in [7, 11) is 3.39. The fourth-order valence-electron chi connectivity index (χ4n) is 3.98. The van der Waals surface area contributed by atoms with E-state index >= 15 is 0 Å². The van der Waals surface area contributed by atoms with Crippen molar-refractivity contribution in [3.05, 3.63) is 105 Å². The summed E-state index contributed by atoms with van der Waals surface area (Å²) in [6, 6.07) is 22.8. The molecule has 0 N–H and O–H groups in total. The normalized spacial score (nSPS) is 11.0. The Morgan fingerprint density at radius 3 is 2.26 bits per heavy atom. The number of hydrogen-bond acceptors (Lipinski definition) is 2. The van der Waals surface area contributed by atoms with E-state index in [1.807, 2.05) is 67.6 Å². The van der Waals surface area contributed by atoms with E-state index in [4.69, 9.17) is 11.6 Å². The predicted molar refractivity (Wildman–Crippen MR) is 127 cm³/mol. The monoisotopic (exact) mass is 430 g/mol. The Bertz CT molecular complexity index is 1360. The lowest BCUT2D eigenvalue weighted by molar-refractivity contribution is 0.0775. The van der Waals surface area contributed by atoms with Gasteiger partial charge in [0.25, 0.3) is 11.5 Å². The molecule has 4 rings (SSSR count). The highest BCUT2D eigenvalue weighted by atomic mass is 35.5. The van der Waals surface area contributed by atoms with Crippen LogP contribution < -0.4 is 5.56 Å². The van der Waals surface area contributed by atoms with E-state index in [1.165, 1.54) is 4.57 Å². The van der Waals surface area contributed by atoms with Gasteiger partial charge in [0.15, 0.2) is 0 Å². The number of benzene rings is 3. The summed E-state index contributed by atoms with van der Waals surface area (Å²) in [5, 5.41) is 1.97. The highest BCUT2D eigenvalue weighted by molar-refractivity contribution is 6.31. The molecule has 0 bridgehead atoms. The van der Waals surface area contributed by atoms with Crippen LogP contribution in [0.3, 0.4) is 0 Å². The molecule has 1 aromatic heterocycles. The second-order valence-electron chi connectivity index (χ2n) is 7.70. The summed E-state index contributed by atoms with van der Waals surface area (Å²) in [6.45, 7) is 2.35. The number of halogens is 1. The lowest BCUT2D eigenvalue weighted by atomic mass is 9.93. The van der Waals surface area contributed by atoms with Crippen molar-refractivity contribution in [3.8, 4) is 11.1 Å². The van der Waals surface area contributed by atoms with Gasteiger partial charge in [0.1, 0.15) is 5.69 Å². The Morgan fingerprint density at radius 2 is 1.55 bits per heavy atom. The molecule has 1 amide bonds. The number of fused-ring (bicyclic) bond motifs is 1. The molecule has 1 heterocycles. The van der Waals surface area contributed by atoms with Crippen LogP contribution in [0, 0.1) is 6.92 Å². The fraction of sp³-hybridized carbons (Fsp3) is 0.154. The van der Waals surface area contributed by atoms with Crippen LogP contribution in [0.2, 0.25) is 5.02 Å². The summed E-state index contributed by atoms with van der Waals surface area (Å²) in [4.78, 5) is 28.4. The summed E-state index contributed by atoms with van der Waals surface area (Å²) < 4.78 is 1.47. The lowest BCUT2D eigenvalue weighted by Gasteiger charge is -2.23. The Morgan fingerprint density at radius 1 is 0.935 bits per heavy atom. The summed E-state index contributed by atoms with van der Waals surface area (Å²) in [5.41, 5.74) is 3.77. The fourth-order valence-corrected chi connectivity index (χ4v) is 4.17. The number of carbonyl (C=O) groups is 1. The van der Waals surface area contributed by atoms with E-state index in [-0.39, 0.29) is 11.5 Å². The average Bonchev–Trinajstić information content (AvgIpc) is 2.78. The van der Waals surface area contributed by atoms with Crippen molar-refractivity contribution in [1.82, 2.24) is 9.47 Å². The maximum atomic E-state index is 13.7. The second-order valence-corrected chi connectivity index (χ2v) is 8.11. The van der Waals surface area contributed by atoms with Crippen LogP contribution in [0.25, 0.3) is 21.9 Å². The maximum absolute atomic E-state index is 13.7. The minimum absolute atomic E-state index is 0.192. The zero-order valence-electron chi connectivity index (χ0n) is 17.7. The zero-order valence-corrected chi connectivity index (χ0v) is 18.5. The minimum Gasteiger partial charge on any atom is -0.336 e. The number of aromatic nitrogens is 1. The van der Waals surface area contributed by atoms with E-state index in [0.29, 0.717) is 22.6 Å². The first-order valence-electron chi connectivity index (χ1n) is 10.1. The highest BCUT2D eigenvalue weighted by Crippen LogP contribution is 2.33. The quantitative estimate of drug-likeness (QED) is 0.432. The molecule has 0 saturated carbocycles. The smallest absolute Gasteiger partial charge is 0.271 e. The summed E-state index contributed by atoms with van der Waals surface area (Å²) in [5.74, 6) is -0.233. The van der Waals surface area contributed by atoms with E-state index in [1.54, 1.807) is 31.1 Å². The van der Waals surface area contributed by atoms with Crippen molar-refractivity contribution in [2.45, 2.75) is 13.5 Å². The van der Waals surface area contributed by atoms with Gasteiger partial charge in [-0.2, -0.15) is 0 Å². The van der Waals surface area contributed by atoms with Crippen molar-refractivity contribution in [3.63, 3.8) is 0 Å². The van der Waals surface area contributed by atoms with Gasteiger partial charge < -0.3 is 9.47 Å². The SMILES string of the molecule is Cc1ccccc1-c1c(C(=O)N(C)Cc2ccccc2Cl)n(C)c(=O)c2ccccc12. The molecule has 0 saturated heterocycles. The number of rotatable bonds is 4. The van der Waals surface area contributed by atoms with Crippen molar-refractivity contribution in [2.24, 2.45) is 7.05 Å². The van der Waals surface area contributed by atoms with Crippen molar-refractivity contribution < 1.29 is 4.79 Å². The third-order valence-electron chi connectivity index (χ3n) is 5.63. The van der Waals surface area contributed by atoms with Crippen LogP contribution in [0.15, 0.2) is 77.6 Å². The molecule has 0 aliphatic carbocycles. The summed E-state index contributed by atoms with van der Waals surface area (Å²) in [6.07, 6.45) is 0. The summed E-state index contributed by atoms with van der Waals surface area (Å²) >= 11 is 6.31. The van der Waals surface area contributed by atoms with E-state index in [9.17, 15) is 9.59 Å². The van der Waals surface area contributed by atoms with Gasteiger partial charge in [0, 0.05) is 36.6 Å². The lowest BCUT2D eigenvalue weighted by Crippen LogP contribution is -2.33. The topological polar surface area (TPSA) is 42.3 Å². The average molecular weight is 431 g/mol. The first-order valence-corrected chi connectivity index (χ1v) is 10.4. The van der Waals surface area contributed by atoms with Gasteiger partial charge in [0.2, 0.25) is 0 Å². The third kappa shape index (κ3) is 3.75. The number of amides is 1. The Labute approximate surface area is 186 Å². The zero-order chi connectivity index (χ0) is 22.1. The van der Waals surface area contributed by atoms with Gasteiger partial charge in [0.05, 0.1) is 0 Å². The molecule has 4 aromatic rings. The molecule has 0 radical (unpaired) electrons. The number of nitrogens with zero attached hydrogens (tertiary/aromatic N) is 2. The largest absolute Gasteiger partial charge is 0.336 e. The molecule has 0 fully saturated rings. The standard InChI is InChI=1S/C26H23ClN2O2/c1-17-10-4-6-12-19(17)23-20-13-7-8-14-21(20)25(30)29(3)24(23)26(31)28(2)16-18-11-5-9-15-22(18)27/h4-15H,16H2,1-3H3. The number of pyridine rings is 1. The van der Waals surface area contributed by atoms with Crippen LogP contribution in [-0.4, -0.2) is 22.4 Å². The second kappa shape index (κ2) is 8.40. The molecule has 0 aliphatic heterocycles. The molecular formula is C26H23ClN2O2. The van der Waals surface area contributed by atoms with Crippen LogP contribution in [0.1, 0.15) is 21.6 Å². The van der Waals surface area contributed by atoms with Crippen LogP contribution in [0.4, 0.5) is 0 Å². The molecule has 0 spiro atoms. The van der Waals surface area contributed by atoms with E-state index in [2.05, 4.69) is 0 Å². The van der Waals surface area contributed by atoms with Crippen LogP contribution in [-0.2, 0) is 13.6 Å². The molecular weight excluding hydrogens is 408 g/mol. The minimum atomic E-state index is -0.233. The van der Waals surface area contributed by atoms with Crippen molar-refractivity contribution in [2.75, 3.05) is 7.05 Å². The molecule has 0 unspecified atom stereocenters. The molecule has 31 heavy (non-hydrogen) atoms. The van der Waals surface area contributed by atoms with Crippen LogP contribution in [0.5, 0.6) is 0 Å². The van der Waals surface area contributed by atoms with E-state index < -0.39 is 0 Å². The number of aryl methyl sites for hydroxylation is 1. The van der Waals surface area contributed by atoms with Gasteiger partial charge >= 0.3 is 0 Å². The van der Waals surface area contributed by atoms with Gasteiger partial charge in [-0.25, -0.2) is 0 Å². The van der Waals surface area contributed by atoms with Gasteiger partial charge in [-0.15, -0.1) is 0 Å². The van der Waals surface area contributed by atoms with Gasteiger partial charge in [-0.3, -0.25) is 9.59 Å². The Kier molecular flexibility index (Phi) is 5.66. The molecule has 156 valence electrons. The first kappa shape index (κ1) is 20.9. The van der Waals surface area contributed by atoms with Gasteiger partial charge in [-0.05, 0) is 41.1 Å². The highest BCUT2D eigenvalue weighted by Gasteiger charge is 2.25. The van der Waals surface area contributed by atoms with Crippen molar-refractivity contribution >= 4 is 28.3 Å². The van der Waals surface area contributed by atoms with E-state index in [0.717, 1.165) is 27.6 Å². The first-order chi connectivity index (χ1) is 14.9. The van der Waals surface area contributed by atoms with Crippen molar-refractivity contribution in [1.29, 1.82) is 0 Å². The molecule has 0 aliphatic rings. The molecule has 5 heteroatoms. The Balaban J connectivity index is 1.95. The third-order valence-corrected chi connectivity index (χ3v) is 6.00. The molecule has 3 aromatic carbocycles. The maximum Gasteiger partial charge on any atom is 0.271 e. The van der Waals surface area contributed by atoms with Gasteiger partial charge in [-0.1, -0.05) is 72.3 Å². The van der Waals surface area contributed by atoms with Crippen LogP contribution >= 0.6 is 11.6 Å². The number of carbonyl (C=O) groups excluding carboxylic acids is 1. The molecule has 0 atom stereocenters. The Hall–Kier alpha value is -3.37.